The number of amides is 1. The number of aliphatic carboxylic acids is 1. The summed E-state index contributed by atoms with van der Waals surface area (Å²) in [4.78, 5) is 32.6. The average molecular weight is 580 g/mol. The predicted octanol–water partition coefficient (Wildman–Crippen LogP) is 5.45. The lowest BCUT2D eigenvalue weighted by Crippen LogP contribution is -2.57. The molecule has 218 valence electrons. The van der Waals surface area contributed by atoms with Crippen LogP contribution < -0.4 is 10.1 Å². The zero-order valence-electron chi connectivity index (χ0n) is 23.8. The van der Waals surface area contributed by atoms with Gasteiger partial charge in [0.25, 0.3) is 5.91 Å². The Morgan fingerprint density at radius 1 is 1.10 bits per heavy atom. The molecule has 0 radical (unpaired) electrons. The number of rotatable bonds is 11. The number of halogens is 1. The van der Waals surface area contributed by atoms with Crippen molar-refractivity contribution in [1.82, 2.24) is 15.2 Å². The normalized spacial score (nSPS) is 18.7. The fraction of sp³-hybridized carbons (Fsp3) is 0.406. The van der Waals surface area contributed by atoms with Crippen molar-refractivity contribution < 1.29 is 24.5 Å². The third-order valence-electron chi connectivity index (χ3n) is 7.60. The van der Waals surface area contributed by atoms with Crippen LogP contribution in [0.15, 0.2) is 54.6 Å². The highest BCUT2D eigenvalue weighted by molar-refractivity contribution is 6.32. The molecule has 0 atom stereocenters. The quantitative estimate of drug-likeness (QED) is 0.259. The number of carboxylic acid groups (broad SMARTS) is 1. The molecule has 3 N–H and O–H groups in total. The van der Waals surface area contributed by atoms with Crippen LogP contribution in [0.5, 0.6) is 5.75 Å². The van der Waals surface area contributed by atoms with E-state index >= 15 is 0 Å². The van der Waals surface area contributed by atoms with E-state index in [9.17, 15) is 19.8 Å². The van der Waals surface area contributed by atoms with Gasteiger partial charge in [0.1, 0.15) is 17.0 Å². The Balaban J connectivity index is 1.74. The first-order chi connectivity index (χ1) is 19.6. The molecule has 0 unspecified atom stereocenters. The minimum atomic E-state index is -1.44. The smallest absolute Gasteiger partial charge is 0.329 e. The fourth-order valence-corrected chi connectivity index (χ4v) is 5.38. The molecule has 1 aliphatic carbocycles. The minimum Gasteiger partial charge on any atom is -0.492 e. The third kappa shape index (κ3) is 7.25. The van der Waals surface area contributed by atoms with Crippen LogP contribution in [-0.2, 0) is 11.2 Å². The van der Waals surface area contributed by atoms with E-state index < -0.39 is 23.5 Å². The van der Waals surface area contributed by atoms with Crippen molar-refractivity contribution in [3.05, 3.63) is 70.9 Å². The van der Waals surface area contributed by atoms with E-state index in [1.165, 1.54) is 0 Å². The van der Waals surface area contributed by atoms with Crippen LogP contribution in [0.3, 0.4) is 0 Å². The van der Waals surface area contributed by atoms with Gasteiger partial charge < -0.3 is 25.2 Å². The summed E-state index contributed by atoms with van der Waals surface area (Å²) in [6.07, 6.45) is 1.99. The first-order valence-corrected chi connectivity index (χ1v) is 14.4. The van der Waals surface area contributed by atoms with Gasteiger partial charge in [0.05, 0.1) is 23.4 Å². The van der Waals surface area contributed by atoms with E-state index in [2.05, 4.69) is 23.2 Å². The van der Waals surface area contributed by atoms with E-state index in [1.807, 2.05) is 50.5 Å². The highest BCUT2D eigenvalue weighted by atomic mass is 35.5. The van der Waals surface area contributed by atoms with Crippen molar-refractivity contribution in [3.8, 4) is 28.1 Å². The Bertz CT molecular complexity index is 1390. The second kappa shape index (κ2) is 13.5. The van der Waals surface area contributed by atoms with Gasteiger partial charge in [0.15, 0.2) is 0 Å². The second-order valence-corrected chi connectivity index (χ2v) is 11.2. The average Bonchev–Trinajstić information content (AvgIpc) is 2.97. The number of nitrogens with zero attached hydrogens (tertiary/aromatic N) is 2. The van der Waals surface area contributed by atoms with E-state index in [-0.39, 0.29) is 18.5 Å². The molecule has 1 amide bonds. The SMILES string of the molecule is CCc1ccccc1-c1ccc(C(=O)NC2(C(=O)O)CCC(O)CC2)nc1-c1ccc(Cl)c(OCCCN(C)C)c1. The monoisotopic (exact) mass is 579 g/mol. The second-order valence-electron chi connectivity index (χ2n) is 10.8. The number of aryl methyl sites for hydroxylation is 1. The molecule has 1 heterocycles. The van der Waals surface area contributed by atoms with Gasteiger partial charge in [0.2, 0.25) is 0 Å². The summed E-state index contributed by atoms with van der Waals surface area (Å²) in [5.41, 5.74) is 2.92. The van der Waals surface area contributed by atoms with Gasteiger partial charge in [-0.15, -0.1) is 0 Å². The Kier molecular flexibility index (Phi) is 10.0. The van der Waals surface area contributed by atoms with Gasteiger partial charge in [-0.1, -0.05) is 48.9 Å². The summed E-state index contributed by atoms with van der Waals surface area (Å²) < 4.78 is 6.01. The number of aliphatic hydroxyl groups excluding tert-OH is 1. The van der Waals surface area contributed by atoms with Crippen molar-refractivity contribution in [2.75, 3.05) is 27.2 Å². The molecule has 1 aliphatic rings. The van der Waals surface area contributed by atoms with Crippen molar-refractivity contribution >= 4 is 23.5 Å². The standard InChI is InChI=1S/C32H38ClN3O5/c1-4-21-8-5-6-9-24(21)25-11-13-27(30(38)35-32(31(39)40)16-14-23(37)15-17-32)34-29(25)22-10-12-26(33)28(20-22)41-19-7-18-36(2)3/h5-6,8-13,20,23,37H,4,7,14-19H2,1-3H3,(H,35,38)(H,39,40). The molecule has 41 heavy (non-hydrogen) atoms. The summed E-state index contributed by atoms with van der Waals surface area (Å²) >= 11 is 6.48. The zero-order valence-corrected chi connectivity index (χ0v) is 24.6. The van der Waals surface area contributed by atoms with Crippen LogP contribution in [0.1, 0.15) is 55.1 Å². The van der Waals surface area contributed by atoms with Crippen molar-refractivity contribution in [3.63, 3.8) is 0 Å². The molecule has 1 saturated carbocycles. The molecule has 0 saturated heterocycles. The van der Waals surface area contributed by atoms with Crippen molar-refractivity contribution in [1.29, 1.82) is 0 Å². The lowest BCUT2D eigenvalue weighted by atomic mass is 9.80. The summed E-state index contributed by atoms with van der Waals surface area (Å²) in [5.74, 6) is -1.16. The lowest BCUT2D eigenvalue weighted by molar-refractivity contribution is -0.146. The van der Waals surface area contributed by atoms with Gasteiger partial charge in [-0.05, 0) is 88.0 Å². The van der Waals surface area contributed by atoms with Crippen LogP contribution in [0.25, 0.3) is 22.4 Å². The van der Waals surface area contributed by atoms with Crippen molar-refractivity contribution in [2.24, 2.45) is 0 Å². The number of aromatic nitrogens is 1. The molecule has 9 heteroatoms. The van der Waals surface area contributed by atoms with E-state index in [0.717, 1.165) is 41.6 Å². The summed E-state index contributed by atoms with van der Waals surface area (Å²) in [6.45, 7) is 3.46. The number of hydrogen-bond donors (Lipinski definition) is 3. The van der Waals surface area contributed by atoms with Crippen LogP contribution >= 0.6 is 11.6 Å². The van der Waals surface area contributed by atoms with Crippen molar-refractivity contribution in [2.45, 2.75) is 57.1 Å². The van der Waals surface area contributed by atoms with E-state index in [0.29, 0.717) is 35.9 Å². The molecule has 4 rings (SSSR count). The number of carbonyl (C=O) groups excluding carboxylic acids is 1. The molecule has 8 nitrogen and oxygen atoms in total. The largest absolute Gasteiger partial charge is 0.492 e. The number of ether oxygens (including phenoxy) is 1. The van der Waals surface area contributed by atoms with Gasteiger partial charge in [0, 0.05) is 17.7 Å². The van der Waals surface area contributed by atoms with E-state index in [1.54, 1.807) is 12.1 Å². The highest BCUT2D eigenvalue weighted by Gasteiger charge is 2.43. The first-order valence-electron chi connectivity index (χ1n) is 14.0. The number of aliphatic hydroxyl groups is 1. The van der Waals surface area contributed by atoms with Gasteiger partial charge in [-0.3, -0.25) is 4.79 Å². The Labute approximate surface area is 246 Å². The minimum absolute atomic E-state index is 0.105. The number of nitrogens with one attached hydrogen (secondary N) is 1. The molecule has 0 spiro atoms. The molecule has 0 bridgehead atoms. The maximum absolute atomic E-state index is 13.5. The Morgan fingerprint density at radius 3 is 2.51 bits per heavy atom. The summed E-state index contributed by atoms with van der Waals surface area (Å²) in [6, 6.07) is 17.0. The Hall–Kier alpha value is -3.46. The fourth-order valence-electron chi connectivity index (χ4n) is 5.21. The molecule has 1 fully saturated rings. The molecule has 0 aliphatic heterocycles. The summed E-state index contributed by atoms with van der Waals surface area (Å²) in [7, 11) is 4.02. The molecule has 1 aromatic heterocycles. The number of pyridine rings is 1. The zero-order chi connectivity index (χ0) is 29.6. The molecular formula is C32H38ClN3O5. The van der Waals surface area contributed by atoms with Gasteiger partial charge >= 0.3 is 5.97 Å². The number of carbonyl (C=O) groups is 2. The third-order valence-corrected chi connectivity index (χ3v) is 7.91. The number of benzene rings is 2. The number of hydrogen-bond acceptors (Lipinski definition) is 6. The topological polar surface area (TPSA) is 112 Å². The van der Waals surface area contributed by atoms with Crippen LogP contribution in [0, 0.1) is 0 Å². The van der Waals surface area contributed by atoms with Crippen LogP contribution in [-0.4, -0.2) is 70.9 Å². The highest BCUT2D eigenvalue weighted by Crippen LogP contribution is 2.37. The maximum atomic E-state index is 13.5. The van der Waals surface area contributed by atoms with Gasteiger partial charge in [-0.25, -0.2) is 9.78 Å². The molecule has 2 aromatic carbocycles. The Morgan fingerprint density at radius 2 is 1.83 bits per heavy atom. The first kappa shape index (κ1) is 30.5. The predicted molar refractivity (Wildman–Crippen MR) is 160 cm³/mol. The van der Waals surface area contributed by atoms with Gasteiger partial charge in [-0.2, -0.15) is 0 Å². The lowest BCUT2D eigenvalue weighted by Gasteiger charge is -2.35. The maximum Gasteiger partial charge on any atom is 0.329 e. The summed E-state index contributed by atoms with van der Waals surface area (Å²) in [5, 5.41) is 23.1. The molecule has 3 aromatic rings. The van der Waals surface area contributed by atoms with Crippen LogP contribution in [0.2, 0.25) is 5.02 Å². The van der Waals surface area contributed by atoms with Crippen LogP contribution in [0.4, 0.5) is 0 Å². The van der Waals surface area contributed by atoms with E-state index in [4.69, 9.17) is 21.3 Å². The molecular weight excluding hydrogens is 542 g/mol. The number of carboxylic acids is 1.